The maximum Gasteiger partial charge on any atom is 0.186 e. The Kier molecular flexibility index (Phi) is 8.91. The third-order valence-corrected chi connectivity index (χ3v) is 4.63. The zero-order valence-corrected chi connectivity index (χ0v) is 13.8. The maximum absolute atomic E-state index is 11.4. The quantitative estimate of drug-likeness (QED) is 0.513. The van der Waals surface area contributed by atoms with Gasteiger partial charge in [-0.05, 0) is 18.6 Å². The molecule has 0 bridgehead atoms. The number of unbranched alkanes of at least 4 members (excludes halogenated alkanes) is 9. The van der Waals surface area contributed by atoms with Crippen LogP contribution >= 0.6 is 0 Å². The lowest BCUT2D eigenvalue weighted by atomic mass is 9.79. The molecule has 0 spiro atoms. The molecule has 0 aromatic carbocycles. The fourth-order valence-corrected chi connectivity index (χ4v) is 3.03. The number of carbonyl (C=O) groups is 1. The summed E-state index contributed by atoms with van der Waals surface area (Å²) in [4.78, 5) is 11.4. The van der Waals surface area contributed by atoms with Crippen LogP contribution in [0, 0.1) is 0 Å². The first-order valence-electron chi connectivity index (χ1n) is 8.83. The molecule has 0 aromatic heterocycles. The second-order valence-electron chi connectivity index (χ2n) is 6.53. The zero-order chi connectivity index (χ0) is 16.4. The Morgan fingerprint density at radius 3 is 2.00 bits per heavy atom. The van der Waals surface area contributed by atoms with E-state index in [2.05, 4.69) is 6.92 Å². The highest BCUT2D eigenvalue weighted by Crippen LogP contribution is 2.28. The summed E-state index contributed by atoms with van der Waals surface area (Å²) in [6, 6.07) is 0. The lowest BCUT2D eigenvalue weighted by Gasteiger charge is -2.37. The molecular weight excluding hydrogens is 280 g/mol. The van der Waals surface area contributed by atoms with Crippen molar-refractivity contribution in [2.75, 3.05) is 0 Å². The molecule has 4 nitrogen and oxygen atoms in total. The molecule has 0 fully saturated rings. The molecule has 4 heteroatoms. The number of carbonyl (C=O) groups excluding carboxylic acids is 1. The van der Waals surface area contributed by atoms with E-state index >= 15 is 0 Å². The Morgan fingerprint density at radius 2 is 1.45 bits per heavy atom. The van der Waals surface area contributed by atoms with Gasteiger partial charge in [-0.1, -0.05) is 71.1 Å². The maximum atomic E-state index is 11.4. The Hall–Kier alpha value is -0.710. The van der Waals surface area contributed by atoms with Crippen molar-refractivity contribution < 1.29 is 20.1 Å². The van der Waals surface area contributed by atoms with Crippen LogP contribution < -0.4 is 0 Å². The highest BCUT2D eigenvalue weighted by molar-refractivity contribution is 5.95. The molecule has 128 valence electrons. The Labute approximate surface area is 134 Å². The predicted molar refractivity (Wildman–Crippen MR) is 87.6 cm³/mol. The third-order valence-electron chi connectivity index (χ3n) is 4.63. The molecule has 0 aromatic rings. The summed E-state index contributed by atoms with van der Waals surface area (Å²) in [5.41, 5.74) is -1.72. The van der Waals surface area contributed by atoms with E-state index in [1.54, 1.807) is 0 Å². The van der Waals surface area contributed by atoms with Crippen LogP contribution in [-0.4, -0.2) is 38.9 Å². The van der Waals surface area contributed by atoms with Crippen molar-refractivity contribution in [2.45, 2.75) is 95.4 Å². The van der Waals surface area contributed by atoms with Gasteiger partial charge in [-0.25, -0.2) is 0 Å². The first kappa shape index (κ1) is 19.3. The topological polar surface area (TPSA) is 77.8 Å². The van der Waals surface area contributed by atoms with E-state index in [1.165, 1.54) is 51.0 Å². The molecule has 0 saturated heterocycles. The molecule has 0 heterocycles. The Bertz CT molecular complexity index is 353. The van der Waals surface area contributed by atoms with Crippen LogP contribution in [0.3, 0.4) is 0 Å². The van der Waals surface area contributed by atoms with Crippen LogP contribution in [0.4, 0.5) is 0 Å². The van der Waals surface area contributed by atoms with Crippen molar-refractivity contribution in [1.82, 2.24) is 0 Å². The Balaban J connectivity index is 2.11. The van der Waals surface area contributed by atoms with E-state index in [-0.39, 0.29) is 6.42 Å². The minimum atomic E-state index is -1.72. The summed E-state index contributed by atoms with van der Waals surface area (Å²) in [5, 5.41) is 29.9. The van der Waals surface area contributed by atoms with Gasteiger partial charge in [-0.3, -0.25) is 4.79 Å². The van der Waals surface area contributed by atoms with Gasteiger partial charge in [-0.2, -0.15) is 0 Å². The summed E-state index contributed by atoms with van der Waals surface area (Å²) >= 11 is 0. The standard InChI is InChI=1S/C18H32O4/c1-2-3-4-5-6-7-8-9-10-11-14-18(22)16(20)13-12-15(19)17(18)21/h12-13,16-17,20-22H,2-11,14H2,1H3/t16-,17+,18-/m0/s1. The summed E-state index contributed by atoms with van der Waals surface area (Å²) in [6.45, 7) is 2.22. The zero-order valence-electron chi connectivity index (χ0n) is 13.8. The van der Waals surface area contributed by atoms with E-state index in [0.717, 1.165) is 18.9 Å². The van der Waals surface area contributed by atoms with Gasteiger partial charge in [0.05, 0.1) is 0 Å². The molecule has 1 aliphatic rings. The van der Waals surface area contributed by atoms with Gasteiger partial charge in [0.1, 0.15) is 17.8 Å². The second-order valence-corrected chi connectivity index (χ2v) is 6.53. The smallest absolute Gasteiger partial charge is 0.186 e. The van der Waals surface area contributed by atoms with Crippen LogP contribution in [0.1, 0.15) is 77.6 Å². The summed E-state index contributed by atoms with van der Waals surface area (Å²) in [7, 11) is 0. The predicted octanol–water partition coefficient (Wildman–Crippen LogP) is 2.89. The molecule has 0 aliphatic heterocycles. The molecule has 0 radical (unpaired) electrons. The monoisotopic (exact) mass is 312 g/mol. The number of aliphatic hydroxyl groups is 3. The van der Waals surface area contributed by atoms with Crippen molar-refractivity contribution in [3.05, 3.63) is 12.2 Å². The SMILES string of the molecule is CCCCCCCCCCCC[C@@]1(O)[C@H](O)C(=O)C=C[C@@H]1O. The van der Waals surface area contributed by atoms with Gasteiger partial charge in [0.2, 0.25) is 0 Å². The number of hydrogen-bond acceptors (Lipinski definition) is 4. The summed E-state index contributed by atoms with van der Waals surface area (Å²) < 4.78 is 0. The molecular formula is C18H32O4. The van der Waals surface area contributed by atoms with Crippen LogP contribution in [0.15, 0.2) is 12.2 Å². The normalized spacial score (nSPS) is 28.3. The van der Waals surface area contributed by atoms with Crippen molar-refractivity contribution >= 4 is 5.78 Å². The molecule has 22 heavy (non-hydrogen) atoms. The average Bonchev–Trinajstić information content (AvgIpc) is 2.51. The number of hydrogen-bond donors (Lipinski definition) is 3. The number of rotatable bonds is 11. The van der Waals surface area contributed by atoms with Gasteiger partial charge >= 0.3 is 0 Å². The molecule has 0 saturated carbocycles. The molecule has 0 unspecified atom stereocenters. The van der Waals surface area contributed by atoms with Gasteiger partial charge in [0.15, 0.2) is 5.78 Å². The van der Waals surface area contributed by atoms with E-state index in [4.69, 9.17) is 0 Å². The Morgan fingerprint density at radius 1 is 0.955 bits per heavy atom. The van der Waals surface area contributed by atoms with Crippen LogP contribution in [0.2, 0.25) is 0 Å². The van der Waals surface area contributed by atoms with Crippen molar-refractivity contribution in [3.8, 4) is 0 Å². The largest absolute Gasteiger partial charge is 0.386 e. The molecule has 3 N–H and O–H groups in total. The summed E-state index contributed by atoms with van der Waals surface area (Å²) in [5.74, 6) is -0.528. The van der Waals surface area contributed by atoms with Crippen molar-refractivity contribution in [1.29, 1.82) is 0 Å². The minimum Gasteiger partial charge on any atom is -0.386 e. The van der Waals surface area contributed by atoms with Crippen molar-refractivity contribution in [2.24, 2.45) is 0 Å². The molecule has 0 amide bonds. The fraction of sp³-hybridized carbons (Fsp3) is 0.833. The molecule has 1 rings (SSSR count). The third kappa shape index (κ3) is 5.82. The molecule has 1 aliphatic carbocycles. The van der Waals surface area contributed by atoms with Gasteiger partial charge < -0.3 is 15.3 Å². The van der Waals surface area contributed by atoms with E-state index in [1.807, 2.05) is 0 Å². The van der Waals surface area contributed by atoms with Crippen molar-refractivity contribution in [3.63, 3.8) is 0 Å². The lowest BCUT2D eigenvalue weighted by molar-refractivity contribution is -0.160. The average molecular weight is 312 g/mol. The van der Waals surface area contributed by atoms with E-state index in [9.17, 15) is 20.1 Å². The highest BCUT2D eigenvalue weighted by Gasteiger charge is 2.46. The van der Waals surface area contributed by atoms with Crippen LogP contribution in [0.5, 0.6) is 0 Å². The fourth-order valence-electron chi connectivity index (χ4n) is 3.03. The highest BCUT2D eigenvalue weighted by atomic mass is 16.4. The van der Waals surface area contributed by atoms with E-state index in [0.29, 0.717) is 6.42 Å². The van der Waals surface area contributed by atoms with E-state index < -0.39 is 23.6 Å². The first-order chi connectivity index (χ1) is 10.5. The second kappa shape index (κ2) is 10.1. The van der Waals surface area contributed by atoms with Gasteiger partial charge in [0, 0.05) is 0 Å². The minimum absolute atomic E-state index is 0.252. The van der Waals surface area contributed by atoms with Crippen LogP contribution in [0.25, 0.3) is 0 Å². The lowest BCUT2D eigenvalue weighted by Crippen LogP contribution is -2.56. The first-order valence-corrected chi connectivity index (χ1v) is 8.83. The number of aliphatic hydroxyl groups excluding tert-OH is 2. The molecule has 3 atom stereocenters. The van der Waals surface area contributed by atoms with Gasteiger partial charge in [-0.15, -0.1) is 0 Å². The van der Waals surface area contributed by atoms with Crippen LogP contribution in [-0.2, 0) is 4.79 Å². The summed E-state index contributed by atoms with van der Waals surface area (Å²) in [6.07, 6.45) is 11.7. The number of ketones is 1. The van der Waals surface area contributed by atoms with Gasteiger partial charge in [0.25, 0.3) is 0 Å².